The van der Waals surface area contributed by atoms with Crippen LogP contribution in [0.5, 0.6) is 0 Å². The van der Waals surface area contributed by atoms with Crippen LogP contribution in [0, 0.1) is 11.3 Å². The number of carbonyl (C=O) groups excluding carboxylic acids is 1. The second-order valence-electron chi connectivity index (χ2n) is 4.44. The van der Waals surface area contributed by atoms with E-state index in [0.29, 0.717) is 21.8 Å². The van der Waals surface area contributed by atoms with Gasteiger partial charge in [-0.3, -0.25) is 4.79 Å². The van der Waals surface area contributed by atoms with Gasteiger partial charge in [-0.1, -0.05) is 29.8 Å². The van der Waals surface area contributed by atoms with E-state index >= 15 is 0 Å². The van der Waals surface area contributed by atoms with Crippen molar-refractivity contribution >= 4 is 34.8 Å². The molecule has 0 radical (unpaired) electrons. The average Bonchev–Trinajstić information content (AvgIpc) is 2.74. The molecule has 1 heterocycles. The number of anilines is 1. The van der Waals surface area contributed by atoms with Gasteiger partial charge in [0.05, 0.1) is 17.3 Å². The van der Waals surface area contributed by atoms with Crippen LogP contribution < -0.4 is 5.32 Å². The molecule has 3 rings (SSSR count). The maximum Gasteiger partial charge on any atom is 0.256 e. The summed E-state index contributed by atoms with van der Waals surface area (Å²) in [5.74, 6) is -0.171. The van der Waals surface area contributed by atoms with E-state index in [1.54, 1.807) is 36.4 Å². The standard InChI is InChI=1S/C16H9ClN2O/c17-12-3-1-2-10(6-12)7-14-13-5-4-11(9-18)8-15(13)19-16(14)20/h1-8H,(H,19,20). The van der Waals surface area contributed by atoms with E-state index in [2.05, 4.69) is 11.4 Å². The molecule has 0 saturated carbocycles. The molecule has 2 aromatic rings. The Morgan fingerprint density at radius 2 is 2.05 bits per heavy atom. The zero-order valence-corrected chi connectivity index (χ0v) is 11.1. The first kappa shape index (κ1) is 12.5. The van der Waals surface area contributed by atoms with Gasteiger partial charge in [-0.05, 0) is 35.9 Å². The van der Waals surface area contributed by atoms with Crippen LogP contribution in [-0.4, -0.2) is 5.91 Å². The number of nitrogens with one attached hydrogen (secondary N) is 1. The lowest BCUT2D eigenvalue weighted by molar-refractivity contribution is -0.110. The Labute approximate surface area is 121 Å². The third kappa shape index (κ3) is 2.18. The number of nitrogens with zero attached hydrogens (tertiary/aromatic N) is 1. The summed E-state index contributed by atoms with van der Waals surface area (Å²) < 4.78 is 0. The maximum atomic E-state index is 12.0. The summed E-state index contributed by atoms with van der Waals surface area (Å²) in [5, 5.41) is 12.3. The Morgan fingerprint density at radius 3 is 2.80 bits per heavy atom. The van der Waals surface area contributed by atoms with Gasteiger partial charge in [0.1, 0.15) is 0 Å². The predicted octanol–water partition coefficient (Wildman–Crippen LogP) is 3.70. The largest absolute Gasteiger partial charge is 0.321 e. The van der Waals surface area contributed by atoms with E-state index in [0.717, 1.165) is 11.1 Å². The SMILES string of the molecule is N#Cc1ccc2c(c1)NC(=O)C2=Cc1cccc(Cl)c1. The fourth-order valence-electron chi connectivity index (χ4n) is 2.17. The lowest BCUT2D eigenvalue weighted by Crippen LogP contribution is -2.03. The third-order valence-corrected chi connectivity index (χ3v) is 3.33. The molecule has 0 fully saturated rings. The van der Waals surface area contributed by atoms with Crippen molar-refractivity contribution in [3.8, 4) is 6.07 Å². The molecule has 0 unspecified atom stereocenters. The lowest BCUT2D eigenvalue weighted by atomic mass is 10.0. The molecule has 1 N–H and O–H groups in total. The lowest BCUT2D eigenvalue weighted by Gasteiger charge is -1.99. The molecule has 1 amide bonds. The van der Waals surface area contributed by atoms with Crippen molar-refractivity contribution in [3.63, 3.8) is 0 Å². The number of rotatable bonds is 1. The topological polar surface area (TPSA) is 52.9 Å². The molecule has 1 aliphatic heterocycles. The van der Waals surface area contributed by atoms with Gasteiger partial charge in [-0.15, -0.1) is 0 Å². The quantitative estimate of drug-likeness (QED) is 0.810. The Hall–Kier alpha value is -2.57. The second kappa shape index (κ2) is 4.84. The van der Waals surface area contributed by atoms with Gasteiger partial charge in [0.15, 0.2) is 0 Å². The van der Waals surface area contributed by atoms with Crippen molar-refractivity contribution < 1.29 is 4.79 Å². The molecule has 20 heavy (non-hydrogen) atoms. The summed E-state index contributed by atoms with van der Waals surface area (Å²) in [7, 11) is 0. The van der Waals surface area contributed by atoms with Crippen molar-refractivity contribution in [3.05, 3.63) is 64.2 Å². The molecule has 1 aliphatic rings. The van der Waals surface area contributed by atoms with Crippen molar-refractivity contribution in [2.75, 3.05) is 5.32 Å². The fraction of sp³-hybridized carbons (Fsp3) is 0. The van der Waals surface area contributed by atoms with Gasteiger partial charge in [0.2, 0.25) is 0 Å². The zero-order valence-electron chi connectivity index (χ0n) is 10.4. The van der Waals surface area contributed by atoms with Crippen molar-refractivity contribution in [2.24, 2.45) is 0 Å². The van der Waals surface area contributed by atoms with Gasteiger partial charge in [0, 0.05) is 16.2 Å². The molecule has 2 aromatic carbocycles. The number of fused-ring (bicyclic) bond motifs is 1. The molecule has 4 heteroatoms. The van der Waals surface area contributed by atoms with Gasteiger partial charge < -0.3 is 5.32 Å². The van der Waals surface area contributed by atoms with E-state index in [9.17, 15) is 4.79 Å². The van der Waals surface area contributed by atoms with Crippen LogP contribution in [0.3, 0.4) is 0 Å². The maximum absolute atomic E-state index is 12.0. The average molecular weight is 281 g/mol. The van der Waals surface area contributed by atoms with Gasteiger partial charge in [-0.2, -0.15) is 5.26 Å². The van der Waals surface area contributed by atoms with E-state index in [1.807, 2.05) is 12.1 Å². The van der Waals surface area contributed by atoms with Gasteiger partial charge in [0.25, 0.3) is 5.91 Å². The summed E-state index contributed by atoms with van der Waals surface area (Å²) in [4.78, 5) is 12.0. The summed E-state index contributed by atoms with van der Waals surface area (Å²) in [5.41, 5.74) is 3.43. The molecule has 0 aromatic heterocycles. The van der Waals surface area contributed by atoms with Crippen LogP contribution >= 0.6 is 11.6 Å². The number of hydrogen-bond acceptors (Lipinski definition) is 2. The van der Waals surface area contributed by atoms with Gasteiger partial charge >= 0.3 is 0 Å². The molecule has 0 atom stereocenters. The molecule has 96 valence electrons. The summed E-state index contributed by atoms with van der Waals surface area (Å²) >= 11 is 5.94. The number of carbonyl (C=O) groups is 1. The van der Waals surface area contributed by atoms with E-state index in [-0.39, 0.29) is 5.91 Å². The normalized spacial score (nSPS) is 14.8. The summed E-state index contributed by atoms with van der Waals surface area (Å²) in [6.07, 6.45) is 1.79. The number of benzene rings is 2. The summed E-state index contributed by atoms with van der Waals surface area (Å²) in [6, 6.07) is 14.5. The highest BCUT2D eigenvalue weighted by atomic mass is 35.5. The molecular weight excluding hydrogens is 272 g/mol. The minimum absolute atomic E-state index is 0.171. The first-order valence-corrected chi connectivity index (χ1v) is 6.38. The predicted molar refractivity (Wildman–Crippen MR) is 79.1 cm³/mol. The number of amides is 1. The number of nitriles is 1. The molecule has 3 nitrogen and oxygen atoms in total. The monoisotopic (exact) mass is 280 g/mol. The fourth-order valence-corrected chi connectivity index (χ4v) is 2.37. The molecule has 0 aliphatic carbocycles. The van der Waals surface area contributed by atoms with Crippen molar-refractivity contribution in [1.29, 1.82) is 5.26 Å². The van der Waals surface area contributed by atoms with E-state index in [4.69, 9.17) is 16.9 Å². The Bertz CT molecular complexity index is 787. The van der Waals surface area contributed by atoms with Crippen LogP contribution in [0.4, 0.5) is 5.69 Å². The molecule has 0 saturated heterocycles. The minimum Gasteiger partial charge on any atom is -0.321 e. The van der Waals surface area contributed by atoms with Crippen LogP contribution in [0.2, 0.25) is 5.02 Å². The minimum atomic E-state index is -0.171. The number of halogens is 1. The first-order chi connectivity index (χ1) is 9.67. The van der Waals surface area contributed by atoms with Gasteiger partial charge in [-0.25, -0.2) is 0 Å². The summed E-state index contributed by atoms with van der Waals surface area (Å²) in [6.45, 7) is 0. The van der Waals surface area contributed by atoms with Crippen LogP contribution in [0.1, 0.15) is 16.7 Å². The second-order valence-corrected chi connectivity index (χ2v) is 4.88. The zero-order chi connectivity index (χ0) is 14.1. The van der Waals surface area contributed by atoms with E-state index < -0.39 is 0 Å². The van der Waals surface area contributed by atoms with Crippen LogP contribution in [-0.2, 0) is 4.79 Å². The van der Waals surface area contributed by atoms with Crippen LogP contribution in [0.25, 0.3) is 11.6 Å². The molecule has 0 bridgehead atoms. The highest BCUT2D eigenvalue weighted by Gasteiger charge is 2.24. The van der Waals surface area contributed by atoms with Crippen molar-refractivity contribution in [2.45, 2.75) is 0 Å². The molecule has 0 spiro atoms. The first-order valence-electron chi connectivity index (χ1n) is 6.00. The molecular formula is C16H9ClN2O. The highest BCUT2D eigenvalue weighted by Crippen LogP contribution is 2.33. The van der Waals surface area contributed by atoms with E-state index in [1.165, 1.54) is 0 Å². The van der Waals surface area contributed by atoms with Crippen LogP contribution in [0.15, 0.2) is 42.5 Å². The third-order valence-electron chi connectivity index (χ3n) is 3.09. The number of hydrogen-bond donors (Lipinski definition) is 1. The highest BCUT2D eigenvalue weighted by molar-refractivity contribution is 6.35. The Morgan fingerprint density at radius 1 is 1.20 bits per heavy atom. The Balaban J connectivity index is 2.09. The Kier molecular flexibility index (Phi) is 3.02. The smallest absolute Gasteiger partial charge is 0.256 e. The van der Waals surface area contributed by atoms with Crippen molar-refractivity contribution in [1.82, 2.24) is 0 Å².